The fourth-order valence-electron chi connectivity index (χ4n) is 1.79. The van der Waals surface area contributed by atoms with Crippen molar-refractivity contribution in [3.05, 3.63) is 53.5 Å². The maximum Gasteiger partial charge on any atom is 0.319 e. The van der Waals surface area contributed by atoms with E-state index in [0.29, 0.717) is 17.0 Å². The van der Waals surface area contributed by atoms with Crippen molar-refractivity contribution in [3.8, 4) is 6.07 Å². The quantitative estimate of drug-likeness (QED) is 0.897. The predicted octanol–water partition coefficient (Wildman–Crippen LogP) is 3.34. The first-order valence-corrected chi connectivity index (χ1v) is 6.22. The Morgan fingerprint density at radius 2 is 2.15 bits per heavy atom. The summed E-state index contributed by atoms with van der Waals surface area (Å²) in [7, 11) is 0. The summed E-state index contributed by atoms with van der Waals surface area (Å²) in [6.45, 7) is 3.69. The maximum atomic E-state index is 11.9. The third kappa shape index (κ3) is 3.39. The van der Waals surface area contributed by atoms with Gasteiger partial charge in [-0.25, -0.2) is 4.79 Å². The maximum absolute atomic E-state index is 11.9. The van der Waals surface area contributed by atoms with Crippen LogP contribution in [0, 0.1) is 18.3 Å². The number of furan rings is 1. The highest BCUT2D eigenvalue weighted by Crippen LogP contribution is 2.16. The Labute approximate surface area is 117 Å². The first-order chi connectivity index (χ1) is 9.58. The largest absolute Gasteiger partial charge is 0.464 e. The second kappa shape index (κ2) is 5.93. The third-order valence-electron chi connectivity index (χ3n) is 2.79. The van der Waals surface area contributed by atoms with Gasteiger partial charge in [0.1, 0.15) is 11.5 Å². The second-order valence-corrected chi connectivity index (χ2v) is 4.46. The number of nitrogens with zero attached hydrogens (tertiary/aromatic N) is 1. The van der Waals surface area contributed by atoms with Gasteiger partial charge in [0.25, 0.3) is 0 Å². The molecule has 0 unspecified atom stereocenters. The molecule has 1 atom stereocenters. The average Bonchev–Trinajstić information content (AvgIpc) is 2.85. The van der Waals surface area contributed by atoms with Gasteiger partial charge in [-0.15, -0.1) is 0 Å². The minimum atomic E-state index is -0.346. The number of benzene rings is 1. The Morgan fingerprint density at radius 1 is 1.35 bits per heavy atom. The van der Waals surface area contributed by atoms with Crippen LogP contribution in [0.4, 0.5) is 10.5 Å². The summed E-state index contributed by atoms with van der Waals surface area (Å²) < 4.78 is 5.45. The molecular weight excluding hydrogens is 254 g/mol. The van der Waals surface area contributed by atoms with E-state index in [4.69, 9.17) is 9.68 Å². The van der Waals surface area contributed by atoms with E-state index < -0.39 is 0 Å². The van der Waals surface area contributed by atoms with Crippen LogP contribution in [0.15, 0.2) is 40.8 Å². The molecule has 2 N–H and O–H groups in total. The highest BCUT2D eigenvalue weighted by molar-refractivity contribution is 5.89. The molecule has 1 aromatic carbocycles. The Hall–Kier alpha value is -2.74. The standard InChI is InChI=1S/C15H15N3O2/c1-10-6-7-14(20-10)11(2)17-15(19)18-13-5-3-4-12(8-13)9-16/h3-8,11H,1-2H3,(H2,17,18,19)/t11-/m1/s1. The van der Waals surface area contributed by atoms with E-state index in [1.807, 2.05) is 32.0 Å². The Kier molecular flexibility index (Phi) is 4.06. The molecule has 2 rings (SSSR count). The highest BCUT2D eigenvalue weighted by atomic mass is 16.3. The van der Waals surface area contributed by atoms with Crippen molar-refractivity contribution in [2.45, 2.75) is 19.9 Å². The molecule has 0 spiro atoms. The van der Waals surface area contributed by atoms with Crippen LogP contribution < -0.4 is 10.6 Å². The van der Waals surface area contributed by atoms with Gasteiger partial charge >= 0.3 is 6.03 Å². The summed E-state index contributed by atoms with van der Waals surface area (Å²) in [5, 5.41) is 14.3. The number of carbonyl (C=O) groups is 1. The average molecular weight is 269 g/mol. The minimum Gasteiger partial charge on any atom is -0.464 e. The summed E-state index contributed by atoms with van der Waals surface area (Å²) >= 11 is 0. The van der Waals surface area contributed by atoms with E-state index in [0.717, 1.165) is 5.76 Å². The summed E-state index contributed by atoms with van der Waals surface area (Å²) in [6.07, 6.45) is 0. The van der Waals surface area contributed by atoms with Crippen LogP contribution in [0.3, 0.4) is 0 Å². The minimum absolute atomic E-state index is 0.233. The third-order valence-corrected chi connectivity index (χ3v) is 2.79. The van der Waals surface area contributed by atoms with Crippen LogP contribution in [-0.2, 0) is 0 Å². The van der Waals surface area contributed by atoms with Crippen LogP contribution in [0.1, 0.15) is 30.0 Å². The van der Waals surface area contributed by atoms with Crippen LogP contribution >= 0.6 is 0 Å². The van der Waals surface area contributed by atoms with Gasteiger partial charge < -0.3 is 15.1 Å². The van der Waals surface area contributed by atoms with Crippen molar-refractivity contribution in [3.63, 3.8) is 0 Å². The number of carbonyl (C=O) groups excluding carboxylic acids is 1. The number of nitriles is 1. The first kappa shape index (κ1) is 13.7. The lowest BCUT2D eigenvalue weighted by molar-refractivity contribution is 0.247. The van der Waals surface area contributed by atoms with Crippen molar-refractivity contribution < 1.29 is 9.21 Å². The SMILES string of the molecule is Cc1ccc([C@@H](C)NC(=O)Nc2cccc(C#N)c2)o1. The molecule has 0 aliphatic heterocycles. The van der Waals surface area contributed by atoms with Crippen molar-refractivity contribution in [2.75, 3.05) is 5.32 Å². The molecule has 0 aliphatic carbocycles. The van der Waals surface area contributed by atoms with E-state index in [1.54, 1.807) is 24.3 Å². The number of amides is 2. The molecule has 0 fully saturated rings. The number of nitrogens with one attached hydrogen (secondary N) is 2. The van der Waals surface area contributed by atoms with Gasteiger partial charge in [-0.2, -0.15) is 5.26 Å². The summed E-state index contributed by atoms with van der Waals surface area (Å²) in [4.78, 5) is 11.9. The monoisotopic (exact) mass is 269 g/mol. The Morgan fingerprint density at radius 3 is 2.80 bits per heavy atom. The molecule has 5 heteroatoms. The van der Waals surface area contributed by atoms with Crippen LogP contribution in [0.25, 0.3) is 0 Å². The van der Waals surface area contributed by atoms with E-state index in [9.17, 15) is 4.79 Å². The van der Waals surface area contributed by atoms with Gasteiger partial charge in [0.2, 0.25) is 0 Å². The summed E-state index contributed by atoms with van der Waals surface area (Å²) in [5.41, 5.74) is 1.07. The zero-order chi connectivity index (χ0) is 14.5. The van der Waals surface area contributed by atoms with Gasteiger partial charge in [-0.05, 0) is 44.2 Å². The molecular formula is C15H15N3O2. The molecule has 2 amide bonds. The van der Waals surface area contributed by atoms with Gasteiger partial charge in [0, 0.05) is 5.69 Å². The molecule has 20 heavy (non-hydrogen) atoms. The molecule has 0 saturated heterocycles. The number of urea groups is 1. The lowest BCUT2D eigenvalue weighted by Crippen LogP contribution is -2.30. The number of anilines is 1. The number of hydrogen-bond acceptors (Lipinski definition) is 3. The fourth-order valence-corrected chi connectivity index (χ4v) is 1.79. The van der Waals surface area contributed by atoms with Crippen LogP contribution in [0.2, 0.25) is 0 Å². The topological polar surface area (TPSA) is 78.1 Å². The second-order valence-electron chi connectivity index (χ2n) is 4.46. The molecule has 102 valence electrons. The Bertz CT molecular complexity index is 655. The van der Waals surface area contributed by atoms with Crippen LogP contribution in [-0.4, -0.2) is 6.03 Å². The number of rotatable bonds is 3. The predicted molar refractivity (Wildman–Crippen MR) is 75.2 cm³/mol. The van der Waals surface area contributed by atoms with E-state index in [1.165, 1.54) is 0 Å². The van der Waals surface area contributed by atoms with E-state index in [-0.39, 0.29) is 12.1 Å². The molecule has 1 heterocycles. The summed E-state index contributed by atoms with van der Waals surface area (Å²) in [6, 6.07) is 11.9. The van der Waals surface area contributed by atoms with Crippen LogP contribution in [0.5, 0.6) is 0 Å². The van der Waals surface area contributed by atoms with Crippen molar-refractivity contribution in [1.82, 2.24) is 5.32 Å². The molecule has 0 bridgehead atoms. The first-order valence-electron chi connectivity index (χ1n) is 6.22. The zero-order valence-electron chi connectivity index (χ0n) is 11.3. The smallest absolute Gasteiger partial charge is 0.319 e. The van der Waals surface area contributed by atoms with Crippen molar-refractivity contribution in [1.29, 1.82) is 5.26 Å². The van der Waals surface area contributed by atoms with Crippen molar-refractivity contribution >= 4 is 11.7 Å². The lowest BCUT2D eigenvalue weighted by atomic mass is 10.2. The molecule has 0 radical (unpaired) electrons. The molecule has 2 aromatic rings. The number of hydrogen-bond donors (Lipinski definition) is 2. The van der Waals surface area contributed by atoms with Gasteiger partial charge in [-0.1, -0.05) is 6.07 Å². The Balaban J connectivity index is 1.97. The fraction of sp³-hybridized carbons (Fsp3) is 0.200. The van der Waals surface area contributed by atoms with E-state index in [2.05, 4.69) is 10.6 Å². The van der Waals surface area contributed by atoms with Crippen molar-refractivity contribution in [2.24, 2.45) is 0 Å². The molecule has 1 aromatic heterocycles. The zero-order valence-corrected chi connectivity index (χ0v) is 11.3. The lowest BCUT2D eigenvalue weighted by Gasteiger charge is -2.12. The number of aryl methyl sites for hydroxylation is 1. The molecule has 5 nitrogen and oxygen atoms in total. The van der Waals surface area contributed by atoms with E-state index >= 15 is 0 Å². The normalized spacial score (nSPS) is 11.4. The van der Waals surface area contributed by atoms with Gasteiger partial charge in [0.15, 0.2) is 0 Å². The summed E-state index contributed by atoms with van der Waals surface area (Å²) in [5.74, 6) is 1.50. The highest BCUT2D eigenvalue weighted by Gasteiger charge is 2.12. The van der Waals surface area contributed by atoms with Gasteiger partial charge in [-0.3, -0.25) is 0 Å². The van der Waals surface area contributed by atoms with Gasteiger partial charge in [0.05, 0.1) is 17.7 Å². The molecule has 0 saturated carbocycles. The molecule has 0 aliphatic rings.